The van der Waals surface area contributed by atoms with Gasteiger partial charge in [0.05, 0.1) is 5.56 Å². The minimum absolute atomic E-state index is 0.124. The van der Waals surface area contributed by atoms with Gasteiger partial charge in [-0.2, -0.15) is 4.91 Å². The third-order valence-electron chi connectivity index (χ3n) is 3.43. The molecular formula is C17H15IN2O4. The zero-order chi connectivity index (χ0) is 17.5. The number of halogens is 1. The van der Waals surface area contributed by atoms with Gasteiger partial charge in [-0.1, -0.05) is 29.4 Å². The number of rotatable bonds is 7. The topological polar surface area (TPSA) is 95.8 Å². The molecule has 7 heteroatoms. The molecule has 1 unspecified atom stereocenters. The highest BCUT2D eigenvalue weighted by molar-refractivity contribution is 14.1. The molecular weight excluding hydrogens is 423 g/mol. The number of nitrogens with one attached hydrogen (secondary N) is 1. The van der Waals surface area contributed by atoms with E-state index in [4.69, 9.17) is 5.11 Å². The molecule has 0 saturated carbocycles. The van der Waals surface area contributed by atoms with Crippen molar-refractivity contribution in [3.63, 3.8) is 0 Å². The monoisotopic (exact) mass is 438 g/mol. The summed E-state index contributed by atoms with van der Waals surface area (Å²) >= 11 is 2.10. The number of anilines is 1. The van der Waals surface area contributed by atoms with Crippen LogP contribution in [0.1, 0.15) is 34.8 Å². The van der Waals surface area contributed by atoms with E-state index in [2.05, 4.69) is 33.1 Å². The van der Waals surface area contributed by atoms with Crippen LogP contribution in [0, 0.1) is 8.48 Å². The summed E-state index contributed by atoms with van der Waals surface area (Å²) in [5.41, 5.74) is 1.79. The number of carboxylic acids is 1. The van der Waals surface area contributed by atoms with Gasteiger partial charge in [-0.15, -0.1) is 0 Å². The van der Waals surface area contributed by atoms with Crippen molar-refractivity contribution in [2.75, 3.05) is 5.32 Å². The van der Waals surface area contributed by atoms with Crippen molar-refractivity contribution in [3.05, 3.63) is 68.1 Å². The van der Waals surface area contributed by atoms with Gasteiger partial charge >= 0.3 is 5.97 Å². The number of carbonyl (C=O) groups is 2. The minimum Gasteiger partial charge on any atom is -0.481 e. The van der Waals surface area contributed by atoms with Crippen LogP contribution < -0.4 is 5.32 Å². The van der Waals surface area contributed by atoms with Crippen molar-refractivity contribution in [1.82, 2.24) is 0 Å². The van der Waals surface area contributed by atoms with Crippen LogP contribution >= 0.6 is 22.6 Å². The van der Waals surface area contributed by atoms with Crippen molar-refractivity contribution in [2.24, 2.45) is 5.18 Å². The van der Waals surface area contributed by atoms with E-state index in [-0.39, 0.29) is 18.7 Å². The van der Waals surface area contributed by atoms with E-state index in [1.807, 2.05) is 12.1 Å². The molecule has 0 bridgehead atoms. The largest absolute Gasteiger partial charge is 0.481 e. The van der Waals surface area contributed by atoms with Crippen molar-refractivity contribution >= 4 is 40.2 Å². The molecule has 0 aliphatic rings. The molecule has 0 heterocycles. The molecule has 0 radical (unpaired) electrons. The number of hydrogen-bond donors (Lipinski definition) is 2. The second kappa shape index (κ2) is 8.53. The summed E-state index contributed by atoms with van der Waals surface area (Å²) in [5.74, 6) is -1.19. The van der Waals surface area contributed by atoms with Crippen LogP contribution in [0.25, 0.3) is 0 Å². The van der Waals surface area contributed by atoms with Crippen LogP contribution in [0.15, 0.2) is 53.7 Å². The Labute approximate surface area is 152 Å². The molecule has 0 saturated heterocycles. The van der Waals surface area contributed by atoms with Gasteiger partial charge in [0.15, 0.2) is 0 Å². The lowest BCUT2D eigenvalue weighted by Gasteiger charge is -2.10. The lowest BCUT2D eigenvalue weighted by atomic mass is 10.0. The van der Waals surface area contributed by atoms with Crippen LogP contribution in [-0.2, 0) is 4.79 Å². The van der Waals surface area contributed by atoms with Gasteiger partial charge in [-0.05, 0) is 58.8 Å². The number of hydrogen-bond acceptors (Lipinski definition) is 4. The van der Waals surface area contributed by atoms with E-state index in [1.54, 1.807) is 36.4 Å². The Morgan fingerprint density at radius 1 is 1.12 bits per heavy atom. The SMILES string of the molecule is O=NC(CCC(=O)O)c1ccc(NC(=O)c2ccccc2I)cc1. The molecule has 124 valence electrons. The number of aliphatic carboxylic acids is 1. The molecule has 0 spiro atoms. The van der Waals surface area contributed by atoms with Gasteiger partial charge < -0.3 is 10.4 Å². The third-order valence-corrected chi connectivity index (χ3v) is 4.37. The van der Waals surface area contributed by atoms with Crippen LogP contribution in [0.5, 0.6) is 0 Å². The third kappa shape index (κ3) is 4.85. The fourth-order valence-corrected chi connectivity index (χ4v) is 2.81. The maximum atomic E-state index is 12.2. The molecule has 6 nitrogen and oxygen atoms in total. The molecule has 2 aromatic rings. The zero-order valence-electron chi connectivity index (χ0n) is 12.6. The van der Waals surface area contributed by atoms with Gasteiger partial charge in [-0.25, -0.2) is 0 Å². The first-order valence-electron chi connectivity index (χ1n) is 7.21. The number of nitroso groups, excluding NO2 is 1. The molecule has 0 fully saturated rings. The van der Waals surface area contributed by atoms with Crippen molar-refractivity contribution < 1.29 is 14.7 Å². The van der Waals surface area contributed by atoms with Crippen LogP contribution in [0.4, 0.5) is 5.69 Å². The molecule has 1 atom stereocenters. The molecule has 0 aliphatic carbocycles. The van der Waals surface area contributed by atoms with Crippen molar-refractivity contribution in [1.29, 1.82) is 0 Å². The average Bonchev–Trinajstić information content (AvgIpc) is 2.57. The molecule has 0 aliphatic heterocycles. The molecule has 2 N–H and O–H groups in total. The first kappa shape index (κ1) is 18.1. The van der Waals surface area contributed by atoms with Crippen LogP contribution in [0.2, 0.25) is 0 Å². The Bertz CT molecular complexity index is 747. The highest BCUT2D eigenvalue weighted by atomic mass is 127. The molecule has 2 aromatic carbocycles. The van der Waals surface area contributed by atoms with E-state index in [9.17, 15) is 14.5 Å². The number of carbonyl (C=O) groups excluding carboxylic acids is 1. The standard InChI is InChI=1S/C17H15IN2O4/c18-14-4-2-1-3-13(14)17(23)19-12-7-5-11(6-8-12)15(20-24)9-10-16(21)22/h1-8,15H,9-10H2,(H,19,23)(H,21,22). The second-order valence-electron chi connectivity index (χ2n) is 5.11. The van der Waals surface area contributed by atoms with E-state index in [0.29, 0.717) is 16.8 Å². The summed E-state index contributed by atoms with van der Waals surface area (Å²) in [4.78, 5) is 33.7. The van der Waals surface area contributed by atoms with Crippen molar-refractivity contribution in [3.8, 4) is 0 Å². The summed E-state index contributed by atoms with van der Waals surface area (Å²) in [5, 5.41) is 14.5. The van der Waals surface area contributed by atoms with Crippen LogP contribution in [-0.4, -0.2) is 17.0 Å². The lowest BCUT2D eigenvalue weighted by Crippen LogP contribution is -2.13. The maximum Gasteiger partial charge on any atom is 0.303 e. The Morgan fingerprint density at radius 2 is 1.79 bits per heavy atom. The van der Waals surface area contributed by atoms with Gasteiger partial charge in [0.1, 0.15) is 6.04 Å². The molecule has 1 amide bonds. The first-order valence-corrected chi connectivity index (χ1v) is 8.29. The van der Waals surface area contributed by atoms with E-state index in [1.165, 1.54) is 0 Å². The van der Waals surface area contributed by atoms with E-state index in [0.717, 1.165) is 3.57 Å². The van der Waals surface area contributed by atoms with E-state index >= 15 is 0 Å². The average molecular weight is 438 g/mol. The fourth-order valence-electron chi connectivity index (χ4n) is 2.17. The smallest absolute Gasteiger partial charge is 0.303 e. The Hall–Kier alpha value is -2.29. The van der Waals surface area contributed by atoms with Gasteiger partial charge in [0.2, 0.25) is 0 Å². The number of carboxylic acid groups (broad SMARTS) is 1. The quantitative estimate of drug-likeness (QED) is 0.500. The number of amides is 1. The summed E-state index contributed by atoms with van der Waals surface area (Å²) < 4.78 is 0.850. The predicted octanol–water partition coefficient (Wildman–Crippen LogP) is 4.22. The first-order chi connectivity index (χ1) is 11.5. The maximum absolute atomic E-state index is 12.2. The highest BCUT2D eigenvalue weighted by Crippen LogP contribution is 2.24. The summed E-state index contributed by atoms with van der Waals surface area (Å²) in [6, 6.07) is 13.2. The second-order valence-corrected chi connectivity index (χ2v) is 6.27. The van der Waals surface area contributed by atoms with Crippen molar-refractivity contribution in [2.45, 2.75) is 18.9 Å². The molecule has 24 heavy (non-hydrogen) atoms. The Balaban J connectivity index is 2.06. The normalized spacial score (nSPS) is 11.5. The molecule has 0 aromatic heterocycles. The van der Waals surface area contributed by atoms with E-state index < -0.39 is 12.0 Å². The van der Waals surface area contributed by atoms with Crippen LogP contribution in [0.3, 0.4) is 0 Å². The van der Waals surface area contributed by atoms with Gasteiger partial charge in [-0.3, -0.25) is 9.59 Å². The minimum atomic E-state index is -0.968. The Morgan fingerprint density at radius 3 is 2.38 bits per heavy atom. The van der Waals surface area contributed by atoms with Gasteiger partial charge in [0.25, 0.3) is 5.91 Å². The summed E-state index contributed by atoms with van der Waals surface area (Å²) in [6.45, 7) is 0. The lowest BCUT2D eigenvalue weighted by molar-refractivity contribution is -0.137. The number of nitrogens with zero attached hydrogens (tertiary/aromatic N) is 1. The summed E-state index contributed by atoms with van der Waals surface area (Å²) in [7, 11) is 0. The van der Waals surface area contributed by atoms with Gasteiger partial charge in [0, 0.05) is 15.7 Å². The zero-order valence-corrected chi connectivity index (χ0v) is 14.8. The fraction of sp³-hybridized carbons (Fsp3) is 0.176. The Kier molecular flexibility index (Phi) is 6.42. The summed E-state index contributed by atoms with van der Waals surface area (Å²) in [6.07, 6.45) is 0.0219. The highest BCUT2D eigenvalue weighted by Gasteiger charge is 2.14. The molecule has 2 rings (SSSR count). The predicted molar refractivity (Wildman–Crippen MR) is 99.0 cm³/mol. The number of benzene rings is 2.